The van der Waals surface area contributed by atoms with Crippen LogP contribution >= 0.6 is 0 Å². The monoisotopic (exact) mass is 257 g/mol. The Labute approximate surface area is 111 Å². The lowest BCUT2D eigenvalue weighted by Crippen LogP contribution is -2.15. The lowest BCUT2D eigenvalue weighted by molar-refractivity contribution is 0.171. The van der Waals surface area contributed by atoms with Crippen LogP contribution in [0.1, 0.15) is 5.56 Å². The van der Waals surface area contributed by atoms with Crippen LogP contribution in [0.15, 0.2) is 36.5 Å². The van der Waals surface area contributed by atoms with E-state index in [1.165, 1.54) is 5.56 Å². The fraction of sp³-hybridized carbons (Fsp3) is 0.286. The van der Waals surface area contributed by atoms with Gasteiger partial charge in [0.1, 0.15) is 19.0 Å². The second-order valence-electron chi connectivity index (χ2n) is 4.26. The predicted molar refractivity (Wildman–Crippen MR) is 71.7 cm³/mol. The molecule has 5 heteroatoms. The molecule has 1 aromatic heterocycles. The van der Waals surface area contributed by atoms with Gasteiger partial charge in [0.2, 0.25) is 0 Å². The quantitative estimate of drug-likeness (QED) is 0.906. The molecular weight excluding hydrogens is 242 g/mol. The van der Waals surface area contributed by atoms with Gasteiger partial charge in [0.15, 0.2) is 11.5 Å². The highest BCUT2D eigenvalue weighted by Gasteiger charge is 2.11. The molecule has 2 heterocycles. The van der Waals surface area contributed by atoms with Crippen LogP contribution in [0, 0.1) is 0 Å². The van der Waals surface area contributed by atoms with E-state index in [9.17, 15) is 0 Å². The van der Waals surface area contributed by atoms with E-state index in [1.54, 1.807) is 6.20 Å². The molecule has 19 heavy (non-hydrogen) atoms. The van der Waals surface area contributed by atoms with Crippen LogP contribution < -0.4 is 14.8 Å². The minimum atomic E-state index is 0.619. The first-order chi connectivity index (χ1) is 9.42. The summed E-state index contributed by atoms with van der Waals surface area (Å²) >= 11 is 0. The van der Waals surface area contributed by atoms with E-state index in [2.05, 4.69) is 21.6 Å². The molecule has 1 aromatic carbocycles. The van der Waals surface area contributed by atoms with E-state index in [0.717, 1.165) is 30.3 Å². The lowest BCUT2D eigenvalue weighted by atomic mass is 10.1. The molecule has 1 N–H and O–H groups in total. The van der Waals surface area contributed by atoms with Crippen molar-refractivity contribution in [2.45, 2.75) is 6.42 Å². The molecule has 3 rings (SSSR count). The van der Waals surface area contributed by atoms with Gasteiger partial charge in [-0.3, -0.25) is 0 Å². The van der Waals surface area contributed by atoms with Crippen LogP contribution in [0.25, 0.3) is 0 Å². The summed E-state index contributed by atoms with van der Waals surface area (Å²) in [7, 11) is 0. The average Bonchev–Trinajstić information content (AvgIpc) is 2.48. The fourth-order valence-corrected chi connectivity index (χ4v) is 1.97. The van der Waals surface area contributed by atoms with E-state index >= 15 is 0 Å². The van der Waals surface area contributed by atoms with E-state index in [0.29, 0.717) is 13.2 Å². The summed E-state index contributed by atoms with van der Waals surface area (Å²) in [5.41, 5.74) is 1.21. The second kappa shape index (κ2) is 5.56. The number of hydrogen-bond acceptors (Lipinski definition) is 5. The molecule has 0 saturated heterocycles. The number of nitrogens with zero attached hydrogens (tertiary/aromatic N) is 2. The molecule has 0 fully saturated rings. The number of anilines is 1. The van der Waals surface area contributed by atoms with Crippen LogP contribution in [0.2, 0.25) is 0 Å². The molecule has 0 bridgehead atoms. The maximum atomic E-state index is 5.56. The highest BCUT2D eigenvalue weighted by Crippen LogP contribution is 2.30. The molecule has 5 nitrogen and oxygen atoms in total. The van der Waals surface area contributed by atoms with Crippen molar-refractivity contribution in [3.8, 4) is 11.5 Å². The second-order valence-corrected chi connectivity index (χ2v) is 4.26. The van der Waals surface area contributed by atoms with Gasteiger partial charge in [0.05, 0.1) is 0 Å². The third-order valence-electron chi connectivity index (χ3n) is 2.90. The van der Waals surface area contributed by atoms with Crippen molar-refractivity contribution >= 4 is 5.82 Å². The summed E-state index contributed by atoms with van der Waals surface area (Å²) in [4.78, 5) is 0. The van der Waals surface area contributed by atoms with Crippen molar-refractivity contribution in [1.29, 1.82) is 0 Å². The van der Waals surface area contributed by atoms with Crippen molar-refractivity contribution in [2.75, 3.05) is 25.1 Å². The van der Waals surface area contributed by atoms with Gasteiger partial charge in [0.25, 0.3) is 0 Å². The first-order valence-corrected chi connectivity index (χ1v) is 6.32. The van der Waals surface area contributed by atoms with Crippen LogP contribution in [0.5, 0.6) is 11.5 Å². The van der Waals surface area contributed by atoms with Gasteiger partial charge in [-0.2, -0.15) is 5.10 Å². The SMILES string of the molecule is c1cnnc(NCCc2ccc3c(c2)OCCO3)c1. The first kappa shape index (κ1) is 11.8. The third-order valence-corrected chi connectivity index (χ3v) is 2.90. The van der Waals surface area contributed by atoms with Crippen molar-refractivity contribution in [2.24, 2.45) is 0 Å². The molecule has 2 aromatic rings. The molecule has 0 amide bonds. The number of nitrogens with one attached hydrogen (secondary N) is 1. The highest BCUT2D eigenvalue weighted by atomic mass is 16.6. The molecule has 0 aliphatic carbocycles. The Morgan fingerprint density at radius 3 is 2.84 bits per heavy atom. The Morgan fingerprint density at radius 1 is 1.11 bits per heavy atom. The summed E-state index contributed by atoms with van der Waals surface area (Å²) in [5.74, 6) is 2.46. The predicted octanol–water partition coefficient (Wildman–Crippen LogP) is 1.90. The largest absolute Gasteiger partial charge is 0.486 e. The Balaban J connectivity index is 1.58. The van der Waals surface area contributed by atoms with Gasteiger partial charge in [-0.05, 0) is 36.2 Å². The first-order valence-electron chi connectivity index (χ1n) is 6.32. The van der Waals surface area contributed by atoms with Crippen molar-refractivity contribution in [3.05, 3.63) is 42.1 Å². The van der Waals surface area contributed by atoms with Crippen molar-refractivity contribution < 1.29 is 9.47 Å². The van der Waals surface area contributed by atoms with Crippen LogP contribution in [0.4, 0.5) is 5.82 Å². The zero-order valence-corrected chi connectivity index (χ0v) is 10.5. The minimum Gasteiger partial charge on any atom is -0.486 e. The number of hydrogen-bond donors (Lipinski definition) is 1. The maximum Gasteiger partial charge on any atom is 0.161 e. The molecule has 0 spiro atoms. The van der Waals surface area contributed by atoms with Gasteiger partial charge in [-0.15, -0.1) is 5.10 Å². The lowest BCUT2D eigenvalue weighted by Gasteiger charge is -2.18. The van der Waals surface area contributed by atoms with Crippen LogP contribution in [-0.4, -0.2) is 30.0 Å². The molecule has 0 atom stereocenters. The van der Waals surface area contributed by atoms with Gasteiger partial charge >= 0.3 is 0 Å². The number of aromatic nitrogens is 2. The van der Waals surface area contributed by atoms with Gasteiger partial charge in [-0.25, -0.2) is 0 Å². The summed E-state index contributed by atoms with van der Waals surface area (Å²) in [6.07, 6.45) is 2.55. The highest BCUT2D eigenvalue weighted by molar-refractivity contribution is 5.44. The summed E-state index contributed by atoms with van der Waals surface area (Å²) in [6.45, 7) is 2.05. The van der Waals surface area contributed by atoms with Crippen molar-refractivity contribution in [1.82, 2.24) is 10.2 Å². The topological polar surface area (TPSA) is 56.3 Å². The van der Waals surface area contributed by atoms with E-state index in [4.69, 9.17) is 9.47 Å². The number of rotatable bonds is 4. The third kappa shape index (κ3) is 2.93. The molecular formula is C14H15N3O2. The number of fused-ring (bicyclic) bond motifs is 1. The Hall–Kier alpha value is -2.30. The fourth-order valence-electron chi connectivity index (χ4n) is 1.97. The Kier molecular flexibility index (Phi) is 3.45. The van der Waals surface area contributed by atoms with Gasteiger partial charge in [-0.1, -0.05) is 6.07 Å². The molecule has 1 aliphatic heterocycles. The molecule has 1 aliphatic rings. The number of benzene rings is 1. The number of ether oxygens (including phenoxy) is 2. The maximum absolute atomic E-state index is 5.56. The Bertz CT molecular complexity index is 546. The normalized spacial score (nSPS) is 13.1. The van der Waals surface area contributed by atoms with E-state index < -0.39 is 0 Å². The zero-order chi connectivity index (χ0) is 12.9. The summed E-state index contributed by atoms with van der Waals surface area (Å²) < 4.78 is 11.1. The van der Waals surface area contributed by atoms with Crippen LogP contribution in [-0.2, 0) is 6.42 Å². The van der Waals surface area contributed by atoms with Crippen LogP contribution in [0.3, 0.4) is 0 Å². The summed E-state index contributed by atoms with van der Waals surface area (Å²) in [5, 5.41) is 11.0. The molecule has 98 valence electrons. The molecule has 0 radical (unpaired) electrons. The average molecular weight is 257 g/mol. The zero-order valence-electron chi connectivity index (χ0n) is 10.5. The smallest absolute Gasteiger partial charge is 0.161 e. The van der Waals surface area contributed by atoms with Gasteiger partial charge < -0.3 is 14.8 Å². The van der Waals surface area contributed by atoms with E-state index in [1.807, 2.05) is 24.3 Å². The molecule has 0 saturated carbocycles. The van der Waals surface area contributed by atoms with Gasteiger partial charge in [0, 0.05) is 12.7 Å². The Morgan fingerprint density at radius 2 is 2.00 bits per heavy atom. The van der Waals surface area contributed by atoms with E-state index in [-0.39, 0.29) is 0 Å². The molecule has 0 unspecified atom stereocenters. The van der Waals surface area contributed by atoms with Crippen molar-refractivity contribution in [3.63, 3.8) is 0 Å². The minimum absolute atomic E-state index is 0.619. The summed E-state index contributed by atoms with van der Waals surface area (Å²) in [6, 6.07) is 9.82. The standard InChI is InChI=1S/C14H15N3O2/c1-2-14(17-16-6-1)15-7-5-11-3-4-12-13(10-11)19-9-8-18-12/h1-4,6,10H,5,7-9H2,(H,15,17).